The molecule has 0 aliphatic rings. The number of thiazole rings is 1. The number of aromatic nitrogens is 1. The van der Waals surface area contributed by atoms with Crippen molar-refractivity contribution in [1.82, 2.24) is 4.98 Å². The number of carbonyl (C=O) groups is 1. The van der Waals surface area contributed by atoms with Gasteiger partial charge in [0.2, 0.25) is 5.91 Å². The molecule has 4 nitrogen and oxygen atoms in total. The van der Waals surface area contributed by atoms with Crippen LogP contribution in [0.25, 0.3) is 11.3 Å². The van der Waals surface area contributed by atoms with Gasteiger partial charge in [0.25, 0.3) is 0 Å². The average Bonchev–Trinajstić information content (AvgIpc) is 2.76. The molecule has 0 aliphatic carbocycles. The minimum atomic E-state index is -0.442. The quantitative estimate of drug-likeness (QED) is 0.920. The lowest BCUT2D eigenvalue weighted by atomic mass is 10.1. The Balaban J connectivity index is 2.38. The van der Waals surface area contributed by atoms with Gasteiger partial charge in [-0.25, -0.2) is 9.37 Å². The molecule has 0 aliphatic heterocycles. The molecule has 0 spiro atoms. The second kappa shape index (κ2) is 5.14. The van der Waals surface area contributed by atoms with Crippen molar-refractivity contribution in [3.8, 4) is 17.0 Å². The Morgan fingerprint density at radius 2 is 2.33 bits per heavy atom. The zero-order valence-corrected chi connectivity index (χ0v) is 10.5. The number of benzene rings is 1. The summed E-state index contributed by atoms with van der Waals surface area (Å²) in [6.07, 6.45) is 0.0856. The predicted molar refractivity (Wildman–Crippen MR) is 67.0 cm³/mol. The summed E-state index contributed by atoms with van der Waals surface area (Å²) in [4.78, 5) is 15.0. The summed E-state index contributed by atoms with van der Waals surface area (Å²) in [5.41, 5.74) is 6.23. The number of halogens is 1. The van der Waals surface area contributed by atoms with E-state index >= 15 is 0 Å². The molecule has 0 bridgehead atoms. The first kappa shape index (κ1) is 12.5. The van der Waals surface area contributed by atoms with Gasteiger partial charge in [-0.2, -0.15) is 0 Å². The van der Waals surface area contributed by atoms with Crippen LogP contribution >= 0.6 is 11.3 Å². The molecule has 2 aromatic rings. The Kier molecular flexibility index (Phi) is 3.57. The Labute approximate surface area is 107 Å². The second-order valence-electron chi connectivity index (χ2n) is 3.61. The van der Waals surface area contributed by atoms with Crippen LogP contribution in [0.3, 0.4) is 0 Å². The number of hydrogen-bond acceptors (Lipinski definition) is 4. The molecule has 0 saturated carbocycles. The summed E-state index contributed by atoms with van der Waals surface area (Å²) in [5, 5.41) is 2.35. The lowest BCUT2D eigenvalue weighted by molar-refractivity contribution is -0.117. The van der Waals surface area contributed by atoms with Crippen LogP contribution in [0, 0.1) is 5.82 Å². The number of hydrogen-bond donors (Lipinski definition) is 1. The van der Waals surface area contributed by atoms with E-state index in [1.165, 1.54) is 36.6 Å². The van der Waals surface area contributed by atoms with Gasteiger partial charge in [-0.15, -0.1) is 11.3 Å². The third kappa shape index (κ3) is 2.65. The molecule has 0 atom stereocenters. The molecular formula is C12H11FN2O2S. The first-order chi connectivity index (χ1) is 8.60. The molecule has 0 saturated heterocycles. The van der Waals surface area contributed by atoms with Gasteiger partial charge in [-0.05, 0) is 18.2 Å². The lowest BCUT2D eigenvalue weighted by Crippen LogP contribution is -2.13. The molecular weight excluding hydrogens is 255 g/mol. The molecule has 18 heavy (non-hydrogen) atoms. The summed E-state index contributed by atoms with van der Waals surface area (Å²) in [6.45, 7) is 0. The van der Waals surface area contributed by atoms with Gasteiger partial charge in [0.15, 0.2) is 0 Å². The van der Waals surface area contributed by atoms with E-state index in [2.05, 4.69) is 4.98 Å². The van der Waals surface area contributed by atoms with Crippen molar-refractivity contribution in [2.45, 2.75) is 6.42 Å². The number of methoxy groups -OCH3 is 1. The summed E-state index contributed by atoms with van der Waals surface area (Å²) in [7, 11) is 1.51. The number of nitrogens with two attached hydrogens (primary N) is 1. The van der Waals surface area contributed by atoms with E-state index in [-0.39, 0.29) is 12.2 Å². The van der Waals surface area contributed by atoms with E-state index in [4.69, 9.17) is 10.5 Å². The van der Waals surface area contributed by atoms with Gasteiger partial charge in [0.1, 0.15) is 16.6 Å². The standard InChI is InChI=1S/C12H11FN2O2S/c1-17-10-3-2-7(13)4-8(10)9-6-18-12(15-9)5-11(14)16/h2-4,6H,5H2,1H3,(H2,14,16). The van der Waals surface area contributed by atoms with Gasteiger partial charge < -0.3 is 10.5 Å². The van der Waals surface area contributed by atoms with Crippen LogP contribution in [0.4, 0.5) is 4.39 Å². The van der Waals surface area contributed by atoms with Crippen LogP contribution in [0.5, 0.6) is 5.75 Å². The molecule has 1 aromatic heterocycles. The zero-order valence-electron chi connectivity index (χ0n) is 9.64. The van der Waals surface area contributed by atoms with Crippen molar-refractivity contribution in [3.05, 3.63) is 34.4 Å². The Bertz CT molecular complexity index is 583. The largest absolute Gasteiger partial charge is 0.496 e. The van der Waals surface area contributed by atoms with E-state index < -0.39 is 5.91 Å². The van der Waals surface area contributed by atoms with E-state index in [0.717, 1.165) is 0 Å². The van der Waals surface area contributed by atoms with E-state index in [1.54, 1.807) is 5.38 Å². The van der Waals surface area contributed by atoms with Crippen molar-refractivity contribution in [2.24, 2.45) is 5.73 Å². The molecule has 0 radical (unpaired) electrons. The molecule has 1 heterocycles. The van der Waals surface area contributed by atoms with E-state index in [9.17, 15) is 9.18 Å². The third-order valence-electron chi connectivity index (χ3n) is 2.31. The SMILES string of the molecule is COc1ccc(F)cc1-c1csc(CC(N)=O)n1. The zero-order chi connectivity index (χ0) is 13.1. The Morgan fingerprint density at radius 3 is 3.00 bits per heavy atom. The maximum absolute atomic E-state index is 13.2. The number of amides is 1. The van der Waals surface area contributed by atoms with Crippen molar-refractivity contribution in [1.29, 1.82) is 0 Å². The average molecular weight is 266 g/mol. The number of ether oxygens (including phenoxy) is 1. The molecule has 2 rings (SSSR count). The molecule has 0 unspecified atom stereocenters. The van der Waals surface area contributed by atoms with Crippen LogP contribution in [0.15, 0.2) is 23.6 Å². The lowest BCUT2D eigenvalue weighted by Gasteiger charge is -2.05. The van der Waals surface area contributed by atoms with Crippen LogP contribution in [0.1, 0.15) is 5.01 Å². The van der Waals surface area contributed by atoms with E-state index in [0.29, 0.717) is 22.0 Å². The number of rotatable bonds is 4. The van der Waals surface area contributed by atoms with Crippen molar-refractivity contribution in [2.75, 3.05) is 7.11 Å². The molecule has 94 valence electrons. The number of nitrogens with zero attached hydrogens (tertiary/aromatic N) is 1. The van der Waals surface area contributed by atoms with Gasteiger partial charge in [-0.3, -0.25) is 4.79 Å². The van der Waals surface area contributed by atoms with Gasteiger partial charge in [0, 0.05) is 10.9 Å². The van der Waals surface area contributed by atoms with Crippen LogP contribution in [-0.2, 0) is 11.2 Å². The fourth-order valence-electron chi connectivity index (χ4n) is 1.55. The fourth-order valence-corrected chi connectivity index (χ4v) is 2.35. The molecule has 2 N–H and O–H groups in total. The van der Waals surface area contributed by atoms with Gasteiger partial charge in [0.05, 0.1) is 19.2 Å². The minimum absolute atomic E-state index is 0.0856. The smallest absolute Gasteiger partial charge is 0.224 e. The summed E-state index contributed by atoms with van der Waals surface area (Å²) in [5.74, 6) is -0.273. The molecule has 0 fully saturated rings. The minimum Gasteiger partial charge on any atom is -0.496 e. The maximum atomic E-state index is 13.2. The highest BCUT2D eigenvalue weighted by Crippen LogP contribution is 2.31. The molecule has 1 aromatic carbocycles. The molecule has 6 heteroatoms. The Hall–Kier alpha value is -1.95. The highest BCUT2D eigenvalue weighted by molar-refractivity contribution is 7.10. The van der Waals surface area contributed by atoms with E-state index in [1.807, 2.05) is 0 Å². The monoisotopic (exact) mass is 266 g/mol. The third-order valence-corrected chi connectivity index (χ3v) is 3.16. The van der Waals surface area contributed by atoms with Crippen molar-refractivity contribution >= 4 is 17.2 Å². The first-order valence-corrected chi connectivity index (χ1v) is 6.04. The fraction of sp³-hybridized carbons (Fsp3) is 0.167. The summed E-state index contributed by atoms with van der Waals surface area (Å²) >= 11 is 1.31. The van der Waals surface area contributed by atoms with Gasteiger partial charge in [-0.1, -0.05) is 0 Å². The van der Waals surface area contributed by atoms with Crippen molar-refractivity contribution in [3.63, 3.8) is 0 Å². The van der Waals surface area contributed by atoms with Crippen molar-refractivity contribution < 1.29 is 13.9 Å². The van der Waals surface area contributed by atoms with Crippen LogP contribution < -0.4 is 10.5 Å². The highest BCUT2D eigenvalue weighted by atomic mass is 32.1. The summed E-state index contributed by atoms with van der Waals surface area (Å²) in [6, 6.07) is 4.21. The van der Waals surface area contributed by atoms with Crippen LogP contribution in [0.2, 0.25) is 0 Å². The highest BCUT2D eigenvalue weighted by Gasteiger charge is 2.12. The van der Waals surface area contributed by atoms with Crippen LogP contribution in [-0.4, -0.2) is 18.0 Å². The first-order valence-electron chi connectivity index (χ1n) is 5.17. The Morgan fingerprint density at radius 1 is 1.56 bits per heavy atom. The predicted octanol–water partition coefficient (Wildman–Crippen LogP) is 1.99. The van der Waals surface area contributed by atoms with Gasteiger partial charge >= 0.3 is 0 Å². The molecule has 1 amide bonds. The maximum Gasteiger partial charge on any atom is 0.224 e. The number of carbonyl (C=O) groups excluding carboxylic acids is 1. The topological polar surface area (TPSA) is 65.2 Å². The second-order valence-corrected chi connectivity index (χ2v) is 4.56. The summed E-state index contributed by atoms with van der Waals surface area (Å²) < 4.78 is 18.4. The number of primary amides is 1. The normalized spacial score (nSPS) is 10.3.